The maximum atomic E-state index is 13.1. The summed E-state index contributed by atoms with van der Waals surface area (Å²) in [6, 6.07) is 12.2. The van der Waals surface area contributed by atoms with Crippen molar-refractivity contribution in [1.29, 1.82) is 0 Å². The lowest BCUT2D eigenvalue weighted by Crippen LogP contribution is -2.48. The number of nitrogens with one attached hydrogen (secondary N) is 1. The van der Waals surface area contributed by atoms with Gasteiger partial charge in [-0.3, -0.25) is 9.59 Å². The number of benzene rings is 2. The Morgan fingerprint density at radius 3 is 2.35 bits per heavy atom. The summed E-state index contributed by atoms with van der Waals surface area (Å²) in [7, 11) is 0. The Hall–Kier alpha value is -1.40. The second-order valence-corrected chi connectivity index (χ2v) is 9.88. The van der Waals surface area contributed by atoms with E-state index in [2.05, 4.69) is 5.32 Å². The summed E-state index contributed by atoms with van der Waals surface area (Å²) in [5.41, 5.74) is 1.78. The standard InChI is InChI=1S/C23H27Cl3N2O2S/c1-15(2)11-27-23(30)16(3)28(12-18-6-4-5-7-19(18)24)22(29)14-31-13-17-8-9-20(25)21(26)10-17/h4-10,15-16H,11-14H2,1-3H3,(H,27,30). The molecule has 0 saturated carbocycles. The first-order chi connectivity index (χ1) is 14.7. The monoisotopic (exact) mass is 500 g/mol. The van der Waals surface area contributed by atoms with Gasteiger partial charge in [0.05, 0.1) is 15.8 Å². The van der Waals surface area contributed by atoms with Gasteiger partial charge in [0.2, 0.25) is 11.8 Å². The molecule has 0 aliphatic heterocycles. The molecule has 2 aromatic carbocycles. The molecule has 0 aliphatic rings. The third kappa shape index (κ3) is 8.23. The van der Waals surface area contributed by atoms with Gasteiger partial charge in [0.15, 0.2) is 0 Å². The molecule has 0 aromatic heterocycles. The molecule has 4 nitrogen and oxygen atoms in total. The lowest BCUT2D eigenvalue weighted by atomic mass is 10.1. The van der Waals surface area contributed by atoms with Crippen LogP contribution in [0.4, 0.5) is 0 Å². The zero-order valence-electron chi connectivity index (χ0n) is 17.8. The minimum atomic E-state index is -0.618. The predicted octanol–water partition coefficient (Wildman–Crippen LogP) is 6.07. The number of hydrogen-bond acceptors (Lipinski definition) is 3. The normalized spacial score (nSPS) is 12.0. The highest BCUT2D eigenvalue weighted by Gasteiger charge is 2.26. The van der Waals surface area contributed by atoms with E-state index in [-0.39, 0.29) is 24.1 Å². The van der Waals surface area contributed by atoms with E-state index in [1.807, 2.05) is 38.1 Å². The summed E-state index contributed by atoms with van der Waals surface area (Å²) in [6.07, 6.45) is 0. The number of hydrogen-bond donors (Lipinski definition) is 1. The first-order valence-corrected chi connectivity index (χ1v) is 12.3. The van der Waals surface area contributed by atoms with Gasteiger partial charge in [0, 0.05) is 23.9 Å². The Balaban J connectivity index is 2.08. The third-order valence-corrected chi connectivity index (χ3v) is 6.72. The Kier molecular flexibility index (Phi) is 10.5. The third-order valence-electron chi connectivity index (χ3n) is 4.63. The smallest absolute Gasteiger partial charge is 0.242 e. The average molecular weight is 502 g/mol. The quantitative estimate of drug-likeness (QED) is 0.430. The summed E-state index contributed by atoms with van der Waals surface area (Å²) in [4.78, 5) is 27.3. The van der Waals surface area contributed by atoms with E-state index in [1.165, 1.54) is 11.8 Å². The SMILES string of the molecule is CC(C)CNC(=O)C(C)N(Cc1ccccc1Cl)C(=O)CSCc1ccc(Cl)c(Cl)c1. The van der Waals surface area contributed by atoms with Gasteiger partial charge < -0.3 is 10.2 Å². The van der Waals surface area contributed by atoms with Crippen LogP contribution in [-0.2, 0) is 21.9 Å². The zero-order valence-corrected chi connectivity index (χ0v) is 20.9. The largest absolute Gasteiger partial charge is 0.354 e. The maximum absolute atomic E-state index is 13.1. The fourth-order valence-electron chi connectivity index (χ4n) is 2.81. The predicted molar refractivity (Wildman–Crippen MR) is 132 cm³/mol. The molecule has 31 heavy (non-hydrogen) atoms. The molecule has 168 valence electrons. The summed E-state index contributed by atoms with van der Waals surface area (Å²) >= 11 is 19.8. The first-order valence-electron chi connectivity index (χ1n) is 10.0. The Morgan fingerprint density at radius 1 is 1.00 bits per heavy atom. The van der Waals surface area contributed by atoms with Crippen LogP contribution in [0.2, 0.25) is 15.1 Å². The Morgan fingerprint density at radius 2 is 1.71 bits per heavy atom. The van der Waals surface area contributed by atoms with Gasteiger partial charge in [-0.05, 0) is 42.2 Å². The summed E-state index contributed by atoms with van der Waals surface area (Å²) in [5.74, 6) is 0.856. The number of thioether (sulfide) groups is 1. The van der Waals surface area contributed by atoms with Crippen LogP contribution in [-0.4, -0.2) is 35.1 Å². The molecule has 1 N–H and O–H groups in total. The number of carbonyl (C=O) groups is 2. The number of amides is 2. The van der Waals surface area contributed by atoms with Crippen molar-refractivity contribution in [2.75, 3.05) is 12.3 Å². The molecule has 0 bridgehead atoms. The summed E-state index contributed by atoms with van der Waals surface area (Å²) in [5, 5.41) is 4.47. The molecule has 2 rings (SSSR count). The van der Waals surface area contributed by atoms with Gasteiger partial charge in [-0.1, -0.05) is 72.9 Å². The molecule has 8 heteroatoms. The van der Waals surface area contributed by atoms with E-state index >= 15 is 0 Å². The number of nitrogens with zero attached hydrogens (tertiary/aromatic N) is 1. The molecule has 1 unspecified atom stereocenters. The van der Waals surface area contributed by atoms with E-state index in [0.717, 1.165) is 11.1 Å². The van der Waals surface area contributed by atoms with E-state index in [0.29, 0.717) is 33.3 Å². The van der Waals surface area contributed by atoms with E-state index < -0.39 is 6.04 Å². The highest BCUT2D eigenvalue weighted by atomic mass is 35.5. The number of halogens is 3. The molecule has 0 heterocycles. The fraction of sp³-hybridized carbons (Fsp3) is 0.391. The highest BCUT2D eigenvalue weighted by Crippen LogP contribution is 2.25. The first kappa shape index (κ1) is 25.9. The number of carbonyl (C=O) groups excluding carboxylic acids is 2. The van der Waals surface area contributed by atoms with Crippen LogP contribution in [0.15, 0.2) is 42.5 Å². The van der Waals surface area contributed by atoms with Crippen LogP contribution in [0, 0.1) is 5.92 Å². The van der Waals surface area contributed by atoms with Gasteiger partial charge in [0.25, 0.3) is 0 Å². The van der Waals surface area contributed by atoms with Crippen LogP contribution in [0.1, 0.15) is 31.9 Å². The molecule has 0 aliphatic carbocycles. The highest BCUT2D eigenvalue weighted by molar-refractivity contribution is 7.99. The van der Waals surface area contributed by atoms with Crippen LogP contribution in [0.5, 0.6) is 0 Å². The van der Waals surface area contributed by atoms with Crippen LogP contribution in [0.25, 0.3) is 0 Å². The summed E-state index contributed by atoms with van der Waals surface area (Å²) in [6.45, 7) is 6.62. The van der Waals surface area contributed by atoms with Crippen LogP contribution in [0.3, 0.4) is 0 Å². The lowest BCUT2D eigenvalue weighted by molar-refractivity contribution is -0.138. The second kappa shape index (κ2) is 12.6. The molecule has 0 saturated heterocycles. The van der Waals surface area contributed by atoms with Gasteiger partial charge in [-0.25, -0.2) is 0 Å². The van der Waals surface area contributed by atoms with Crippen molar-refractivity contribution in [1.82, 2.24) is 10.2 Å². The molecule has 0 spiro atoms. The minimum Gasteiger partial charge on any atom is -0.354 e. The fourth-order valence-corrected chi connectivity index (χ4v) is 4.19. The van der Waals surface area contributed by atoms with E-state index in [1.54, 1.807) is 30.0 Å². The van der Waals surface area contributed by atoms with Crippen molar-refractivity contribution < 1.29 is 9.59 Å². The van der Waals surface area contributed by atoms with E-state index in [9.17, 15) is 9.59 Å². The van der Waals surface area contributed by atoms with Crippen molar-refractivity contribution in [3.63, 3.8) is 0 Å². The average Bonchev–Trinajstić information content (AvgIpc) is 2.73. The molecule has 0 radical (unpaired) electrons. The topological polar surface area (TPSA) is 49.4 Å². The Bertz CT molecular complexity index is 908. The van der Waals surface area contributed by atoms with Gasteiger partial charge in [-0.2, -0.15) is 0 Å². The van der Waals surface area contributed by atoms with Crippen molar-refractivity contribution in [3.8, 4) is 0 Å². The minimum absolute atomic E-state index is 0.128. The molecular formula is C23H27Cl3N2O2S. The molecule has 0 fully saturated rings. The van der Waals surface area contributed by atoms with Crippen LogP contribution < -0.4 is 5.32 Å². The van der Waals surface area contributed by atoms with Crippen molar-refractivity contribution in [3.05, 3.63) is 68.7 Å². The molecular weight excluding hydrogens is 475 g/mol. The maximum Gasteiger partial charge on any atom is 0.242 e. The van der Waals surface area contributed by atoms with Gasteiger partial charge >= 0.3 is 0 Å². The van der Waals surface area contributed by atoms with Crippen molar-refractivity contribution in [2.24, 2.45) is 5.92 Å². The number of rotatable bonds is 10. The lowest BCUT2D eigenvalue weighted by Gasteiger charge is -2.29. The van der Waals surface area contributed by atoms with E-state index in [4.69, 9.17) is 34.8 Å². The van der Waals surface area contributed by atoms with Crippen molar-refractivity contribution in [2.45, 2.75) is 39.1 Å². The zero-order chi connectivity index (χ0) is 23.0. The summed E-state index contributed by atoms with van der Waals surface area (Å²) < 4.78 is 0. The molecule has 2 amide bonds. The Labute approximate surface area is 203 Å². The van der Waals surface area contributed by atoms with Gasteiger partial charge in [0.1, 0.15) is 6.04 Å². The molecule has 1 atom stereocenters. The van der Waals surface area contributed by atoms with Gasteiger partial charge in [-0.15, -0.1) is 11.8 Å². The van der Waals surface area contributed by atoms with Crippen molar-refractivity contribution >= 4 is 58.4 Å². The molecule has 2 aromatic rings. The van der Waals surface area contributed by atoms with Crippen LogP contribution >= 0.6 is 46.6 Å². The second-order valence-electron chi connectivity index (χ2n) is 7.67.